The molecule has 6 heteroatoms. The van der Waals surface area contributed by atoms with Gasteiger partial charge < -0.3 is 4.90 Å². The van der Waals surface area contributed by atoms with Crippen LogP contribution in [0.2, 0.25) is 0 Å². The van der Waals surface area contributed by atoms with Gasteiger partial charge in [-0.2, -0.15) is 0 Å². The molecule has 1 aromatic heterocycles. The summed E-state index contributed by atoms with van der Waals surface area (Å²) in [7, 11) is 3.84. The van der Waals surface area contributed by atoms with Crippen LogP contribution < -0.4 is 4.57 Å². The highest BCUT2D eigenvalue weighted by molar-refractivity contribution is 5.01. The third kappa shape index (κ3) is 3.42. The van der Waals surface area contributed by atoms with Gasteiger partial charge in [-0.05, 0) is 43.9 Å². The Hall–Kier alpha value is -1.30. The lowest BCUT2D eigenvalue weighted by molar-refractivity contribution is -0.659. The van der Waals surface area contributed by atoms with Crippen molar-refractivity contribution in [2.24, 2.45) is 24.3 Å². The number of nitrogens with zero attached hydrogens (tertiary/aromatic N) is 6. The number of hydrogen-bond acceptors (Lipinski definition) is 4. The van der Waals surface area contributed by atoms with Gasteiger partial charge in [-0.1, -0.05) is 13.8 Å². The molecule has 2 rings (SSSR count). The average molecular weight is 279 g/mol. The number of aromatic nitrogens is 3. The predicted molar refractivity (Wildman–Crippen MR) is 77.9 cm³/mol. The van der Waals surface area contributed by atoms with Gasteiger partial charge >= 0.3 is 5.95 Å². The van der Waals surface area contributed by atoms with E-state index in [1.54, 1.807) is 11.0 Å². The van der Waals surface area contributed by atoms with Crippen LogP contribution in [0.25, 0.3) is 0 Å². The fourth-order valence-electron chi connectivity index (χ4n) is 3.03. The van der Waals surface area contributed by atoms with Gasteiger partial charge in [-0.25, -0.2) is 4.57 Å². The molecule has 6 nitrogen and oxygen atoms in total. The topological polar surface area (TPSA) is 49.7 Å². The first kappa shape index (κ1) is 15.1. The molecular formula is C14H27N6+. The summed E-state index contributed by atoms with van der Waals surface area (Å²) in [6, 6.07) is 1.11. The van der Waals surface area contributed by atoms with Crippen LogP contribution >= 0.6 is 0 Å². The number of rotatable bonds is 5. The van der Waals surface area contributed by atoms with E-state index in [2.05, 4.69) is 34.1 Å². The Morgan fingerprint density at radius 1 is 1.30 bits per heavy atom. The summed E-state index contributed by atoms with van der Waals surface area (Å²) < 4.78 is 3.65. The van der Waals surface area contributed by atoms with Crippen molar-refractivity contribution in [3.63, 3.8) is 0 Å². The second-order valence-electron chi connectivity index (χ2n) is 5.56. The molecule has 1 aliphatic rings. The van der Waals surface area contributed by atoms with Crippen LogP contribution in [0.3, 0.4) is 0 Å². The second-order valence-corrected chi connectivity index (χ2v) is 5.56. The van der Waals surface area contributed by atoms with Crippen molar-refractivity contribution < 1.29 is 4.57 Å². The van der Waals surface area contributed by atoms with Gasteiger partial charge in [0.05, 0.1) is 20.1 Å². The van der Waals surface area contributed by atoms with Gasteiger partial charge in [-0.15, -0.1) is 9.80 Å². The van der Waals surface area contributed by atoms with Crippen LogP contribution in [-0.4, -0.2) is 39.9 Å². The molecule has 112 valence electrons. The molecular weight excluding hydrogens is 252 g/mol. The largest absolute Gasteiger partial charge is 0.402 e. The molecule has 1 saturated carbocycles. The fraction of sp³-hybridized carbons (Fsp3) is 0.857. The Morgan fingerprint density at radius 2 is 1.95 bits per heavy atom. The average Bonchev–Trinajstić information content (AvgIpc) is 2.78. The van der Waals surface area contributed by atoms with Crippen molar-refractivity contribution in [3.05, 3.63) is 6.33 Å². The van der Waals surface area contributed by atoms with E-state index < -0.39 is 0 Å². The Kier molecular flexibility index (Phi) is 5.23. The quantitative estimate of drug-likeness (QED) is 0.611. The van der Waals surface area contributed by atoms with E-state index in [9.17, 15) is 0 Å². The van der Waals surface area contributed by atoms with Gasteiger partial charge in [-0.3, -0.25) is 0 Å². The van der Waals surface area contributed by atoms with E-state index in [4.69, 9.17) is 0 Å². The van der Waals surface area contributed by atoms with Gasteiger partial charge in [0.15, 0.2) is 0 Å². The highest BCUT2D eigenvalue weighted by Crippen LogP contribution is 2.25. The first-order valence-corrected chi connectivity index (χ1v) is 7.68. The maximum Gasteiger partial charge on any atom is 0.402 e. The lowest BCUT2D eigenvalue weighted by Gasteiger charge is -2.34. The Balaban J connectivity index is 1.88. The Morgan fingerprint density at radius 3 is 2.45 bits per heavy atom. The minimum absolute atomic E-state index is 0.372. The highest BCUT2D eigenvalue weighted by Gasteiger charge is 2.25. The summed E-state index contributed by atoms with van der Waals surface area (Å²) in [5.74, 6) is 0.802. The van der Waals surface area contributed by atoms with Crippen molar-refractivity contribution in [2.45, 2.75) is 51.6 Å². The van der Waals surface area contributed by atoms with Gasteiger partial charge in [0.1, 0.15) is 0 Å². The number of hydrogen-bond donors (Lipinski definition) is 0. The minimum Gasteiger partial charge on any atom is -0.301 e. The molecule has 0 aromatic carbocycles. The molecule has 1 aliphatic carbocycles. The second kappa shape index (κ2) is 6.92. The first-order valence-electron chi connectivity index (χ1n) is 7.68. The van der Waals surface area contributed by atoms with E-state index in [1.165, 1.54) is 12.8 Å². The van der Waals surface area contributed by atoms with Crippen LogP contribution in [0.15, 0.2) is 16.6 Å². The van der Waals surface area contributed by atoms with Gasteiger partial charge in [0.2, 0.25) is 6.33 Å². The fourth-order valence-corrected chi connectivity index (χ4v) is 3.03. The smallest absolute Gasteiger partial charge is 0.301 e. The van der Waals surface area contributed by atoms with Crippen LogP contribution in [0.5, 0.6) is 0 Å². The summed E-state index contributed by atoms with van der Waals surface area (Å²) in [6.45, 7) is 6.80. The molecule has 0 spiro atoms. The van der Waals surface area contributed by atoms with Crippen molar-refractivity contribution in [2.75, 3.05) is 13.1 Å². The van der Waals surface area contributed by atoms with Crippen molar-refractivity contribution >= 4 is 5.95 Å². The molecule has 20 heavy (non-hydrogen) atoms. The van der Waals surface area contributed by atoms with E-state index in [-0.39, 0.29) is 0 Å². The highest BCUT2D eigenvalue weighted by atomic mass is 15.4. The molecule has 0 radical (unpaired) electrons. The summed E-state index contributed by atoms with van der Waals surface area (Å²) in [5.41, 5.74) is 0. The monoisotopic (exact) mass is 279 g/mol. The molecule has 1 heterocycles. The standard InChI is InChI=1S/C14H27N6/c1-5-20(6-2)13-9-7-12(8-10-13)16-17-14-18(3)11-15-19(14)4/h11-13H,5-10H2,1-4H3/q+1. The molecule has 0 bridgehead atoms. The SMILES string of the molecule is CCN(CC)C1CCC(N=Nc2n(C)nc[n+]2C)CC1. The summed E-state index contributed by atoms with van der Waals surface area (Å²) >= 11 is 0. The van der Waals surface area contributed by atoms with Crippen LogP contribution in [0, 0.1) is 0 Å². The molecule has 1 fully saturated rings. The predicted octanol–water partition coefficient (Wildman–Crippen LogP) is 1.98. The minimum atomic E-state index is 0.372. The molecule has 1 aromatic rings. The van der Waals surface area contributed by atoms with Crippen molar-refractivity contribution in [1.29, 1.82) is 0 Å². The first-order chi connectivity index (χ1) is 9.65. The zero-order valence-corrected chi connectivity index (χ0v) is 13.2. The summed E-state index contributed by atoms with van der Waals surface area (Å²) in [6.07, 6.45) is 6.52. The van der Waals surface area contributed by atoms with E-state index >= 15 is 0 Å². The third-order valence-electron chi connectivity index (χ3n) is 4.31. The molecule has 0 amide bonds. The van der Waals surface area contributed by atoms with E-state index in [1.807, 2.05) is 18.7 Å². The maximum atomic E-state index is 4.52. The van der Waals surface area contributed by atoms with E-state index in [0.717, 1.165) is 37.9 Å². The lowest BCUT2D eigenvalue weighted by Crippen LogP contribution is -2.38. The maximum absolute atomic E-state index is 4.52. The van der Waals surface area contributed by atoms with E-state index in [0.29, 0.717) is 6.04 Å². The number of aryl methyl sites for hydroxylation is 2. The Bertz CT molecular complexity index is 421. The molecule has 0 aliphatic heterocycles. The third-order valence-corrected chi connectivity index (χ3v) is 4.31. The van der Waals surface area contributed by atoms with Crippen LogP contribution in [-0.2, 0) is 14.1 Å². The Labute approximate surface area is 121 Å². The summed E-state index contributed by atoms with van der Waals surface area (Å²) in [4.78, 5) is 2.56. The van der Waals surface area contributed by atoms with Gasteiger partial charge in [0.25, 0.3) is 0 Å². The molecule has 0 atom stereocenters. The van der Waals surface area contributed by atoms with Crippen LogP contribution in [0.4, 0.5) is 5.95 Å². The normalized spacial score (nSPS) is 23.9. The van der Waals surface area contributed by atoms with Crippen LogP contribution in [0.1, 0.15) is 39.5 Å². The lowest BCUT2D eigenvalue weighted by atomic mass is 9.90. The molecule has 0 saturated heterocycles. The summed E-state index contributed by atoms with van der Waals surface area (Å²) in [5, 5.41) is 13.0. The zero-order chi connectivity index (χ0) is 14.5. The van der Waals surface area contributed by atoms with Gasteiger partial charge in [0, 0.05) is 11.2 Å². The zero-order valence-electron chi connectivity index (χ0n) is 13.2. The number of azo groups is 1. The molecule has 0 unspecified atom stereocenters. The van der Waals surface area contributed by atoms with Crippen molar-refractivity contribution in [1.82, 2.24) is 14.7 Å². The molecule has 0 N–H and O–H groups in total. The van der Waals surface area contributed by atoms with Crippen molar-refractivity contribution in [3.8, 4) is 0 Å².